The molecule has 0 spiro atoms. The predicted octanol–water partition coefficient (Wildman–Crippen LogP) is 3.61. The number of esters is 1. The number of nitrogens with zero attached hydrogens (tertiary/aromatic N) is 2. The summed E-state index contributed by atoms with van der Waals surface area (Å²) in [6.07, 6.45) is 4.19. The summed E-state index contributed by atoms with van der Waals surface area (Å²) in [4.78, 5) is 15.0. The summed E-state index contributed by atoms with van der Waals surface area (Å²) in [6, 6.07) is 8.79. The van der Waals surface area contributed by atoms with Gasteiger partial charge < -0.3 is 9.30 Å². The van der Waals surface area contributed by atoms with Crippen LogP contribution in [0.25, 0.3) is 16.6 Å². The summed E-state index contributed by atoms with van der Waals surface area (Å²) in [6.45, 7) is 6.55. The quantitative estimate of drug-likeness (QED) is 0.809. The van der Waals surface area contributed by atoms with Crippen molar-refractivity contribution in [3.8, 4) is 0 Å². The van der Waals surface area contributed by atoms with Crippen LogP contribution in [0.4, 0.5) is 0 Å². The third kappa shape index (κ3) is 1.99. The third-order valence-electron chi connectivity index (χ3n) is 5.63. The Morgan fingerprint density at radius 3 is 2.79 bits per heavy atom. The summed E-state index contributed by atoms with van der Waals surface area (Å²) in [5.41, 5.74) is 4.51. The first-order chi connectivity index (χ1) is 11.7. The van der Waals surface area contributed by atoms with Crippen molar-refractivity contribution in [2.24, 2.45) is 5.92 Å². The Bertz CT molecular complexity index is 834. The number of hydrogen-bond donors (Lipinski definition) is 0. The van der Waals surface area contributed by atoms with Crippen LogP contribution in [0.15, 0.2) is 30.3 Å². The lowest BCUT2D eigenvalue weighted by molar-refractivity contribution is -0.134. The number of rotatable bonds is 3. The topological polar surface area (TPSA) is 34.5 Å². The third-order valence-corrected chi connectivity index (χ3v) is 5.63. The van der Waals surface area contributed by atoms with Gasteiger partial charge in [0.2, 0.25) is 0 Å². The van der Waals surface area contributed by atoms with E-state index in [2.05, 4.69) is 47.6 Å². The van der Waals surface area contributed by atoms with Crippen LogP contribution in [-0.4, -0.2) is 35.6 Å². The minimum atomic E-state index is -0.246. The molecule has 0 radical (unpaired) electrons. The molecule has 2 aliphatic heterocycles. The van der Waals surface area contributed by atoms with E-state index in [9.17, 15) is 4.79 Å². The summed E-state index contributed by atoms with van der Waals surface area (Å²) in [7, 11) is 1.46. The molecule has 0 bridgehead atoms. The number of carbonyl (C=O) groups is 1. The van der Waals surface area contributed by atoms with Crippen molar-refractivity contribution in [2.45, 2.75) is 32.7 Å². The Labute approximate surface area is 142 Å². The number of benzene rings is 1. The Morgan fingerprint density at radius 2 is 2.08 bits per heavy atom. The van der Waals surface area contributed by atoms with E-state index in [1.165, 1.54) is 23.8 Å². The molecular formula is C20H24N2O2. The van der Waals surface area contributed by atoms with Crippen LogP contribution in [-0.2, 0) is 16.0 Å². The highest BCUT2D eigenvalue weighted by molar-refractivity contribution is 6.13. The van der Waals surface area contributed by atoms with E-state index in [0.29, 0.717) is 17.7 Å². The van der Waals surface area contributed by atoms with E-state index in [1.807, 2.05) is 6.07 Å². The molecule has 0 saturated carbocycles. The SMILES string of the molecule is CCC1C=C(C(=O)OC)n2c3c(c4ccccc42)CCN(CC)C31. The molecule has 2 aromatic rings. The van der Waals surface area contributed by atoms with Gasteiger partial charge in [0.05, 0.1) is 18.7 Å². The number of fused-ring (bicyclic) bond motifs is 3. The molecule has 3 heterocycles. The molecule has 126 valence electrons. The fourth-order valence-corrected chi connectivity index (χ4v) is 4.53. The van der Waals surface area contributed by atoms with Gasteiger partial charge in [-0.3, -0.25) is 4.90 Å². The molecule has 1 aromatic carbocycles. The molecule has 0 saturated heterocycles. The smallest absolute Gasteiger partial charge is 0.354 e. The van der Waals surface area contributed by atoms with Crippen molar-refractivity contribution < 1.29 is 9.53 Å². The Hall–Kier alpha value is -2.07. The normalized spacial score (nSPS) is 23.0. The number of likely N-dealkylation sites (N-methyl/N-ethyl adjacent to an activating group) is 1. The summed E-state index contributed by atoms with van der Waals surface area (Å²) >= 11 is 0. The zero-order chi connectivity index (χ0) is 16.8. The van der Waals surface area contributed by atoms with Gasteiger partial charge in [0, 0.05) is 23.5 Å². The lowest BCUT2D eigenvalue weighted by atomic mass is 9.84. The van der Waals surface area contributed by atoms with Crippen molar-refractivity contribution in [3.63, 3.8) is 0 Å². The van der Waals surface area contributed by atoms with Crippen LogP contribution in [0.2, 0.25) is 0 Å². The molecule has 0 amide bonds. The average Bonchev–Trinajstić information content (AvgIpc) is 2.97. The fraction of sp³-hybridized carbons (Fsp3) is 0.450. The van der Waals surface area contributed by atoms with E-state index in [0.717, 1.165) is 31.4 Å². The van der Waals surface area contributed by atoms with E-state index in [1.54, 1.807) is 0 Å². The maximum absolute atomic E-state index is 12.5. The van der Waals surface area contributed by atoms with Gasteiger partial charge >= 0.3 is 5.97 Å². The molecule has 2 aliphatic rings. The van der Waals surface area contributed by atoms with Crippen LogP contribution in [0.5, 0.6) is 0 Å². The standard InChI is InChI=1S/C20H24N2O2/c1-4-13-12-17(20(23)24-3)22-16-9-7-6-8-14(16)15-10-11-21(5-2)18(13)19(15)22/h6-9,12-13,18H,4-5,10-11H2,1-3H3. The van der Waals surface area contributed by atoms with Gasteiger partial charge in [0.1, 0.15) is 5.70 Å². The average molecular weight is 324 g/mol. The van der Waals surface area contributed by atoms with Gasteiger partial charge in [0.15, 0.2) is 0 Å². The van der Waals surface area contributed by atoms with Gasteiger partial charge in [-0.15, -0.1) is 0 Å². The minimum Gasteiger partial charge on any atom is -0.464 e. The maximum atomic E-state index is 12.5. The Balaban J connectivity index is 2.05. The van der Waals surface area contributed by atoms with E-state index in [4.69, 9.17) is 4.74 Å². The molecule has 4 heteroatoms. The number of aromatic nitrogens is 1. The molecule has 0 N–H and O–H groups in total. The molecule has 0 fully saturated rings. The first kappa shape index (κ1) is 15.5. The molecule has 24 heavy (non-hydrogen) atoms. The second-order valence-electron chi connectivity index (χ2n) is 6.66. The molecule has 2 atom stereocenters. The monoisotopic (exact) mass is 324 g/mol. The summed E-state index contributed by atoms with van der Waals surface area (Å²) in [5, 5.41) is 1.28. The van der Waals surface area contributed by atoms with Crippen molar-refractivity contribution in [3.05, 3.63) is 41.6 Å². The van der Waals surface area contributed by atoms with Gasteiger partial charge in [0.25, 0.3) is 0 Å². The van der Waals surface area contributed by atoms with Crippen molar-refractivity contribution >= 4 is 22.6 Å². The van der Waals surface area contributed by atoms with Gasteiger partial charge in [-0.2, -0.15) is 0 Å². The first-order valence-corrected chi connectivity index (χ1v) is 8.88. The van der Waals surface area contributed by atoms with Gasteiger partial charge in [-0.1, -0.05) is 32.0 Å². The van der Waals surface area contributed by atoms with Crippen molar-refractivity contribution in [2.75, 3.05) is 20.2 Å². The zero-order valence-corrected chi connectivity index (χ0v) is 14.6. The highest BCUT2D eigenvalue weighted by Gasteiger charge is 2.40. The fourth-order valence-electron chi connectivity index (χ4n) is 4.53. The van der Waals surface area contributed by atoms with Crippen LogP contribution in [0.3, 0.4) is 0 Å². The maximum Gasteiger partial charge on any atom is 0.354 e. The lowest BCUT2D eigenvalue weighted by Gasteiger charge is -2.42. The van der Waals surface area contributed by atoms with E-state index < -0.39 is 0 Å². The Morgan fingerprint density at radius 1 is 1.29 bits per heavy atom. The molecule has 4 nitrogen and oxygen atoms in total. The summed E-state index contributed by atoms with van der Waals surface area (Å²) < 4.78 is 7.26. The van der Waals surface area contributed by atoms with E-state index >= 15 is 0 Å². The second kappa shape index (κ2) is 5.78. The largest absolute Gasteiger partial charge is 0.464 e. The van der Waals surface area contributed by atoms with Gasteiger partial charge in [-0.05, 0) is 37.1 Å². The second-order valence-corrected chi connectivity index (χ2v) is 6.66. The first-order valence-electron chi connectivity index (χ1n) is 8.88. The molecule has 2 unspecified atom stereocenters. The predicted molar refractivity (Wildman–Crippen MR) is 95.7 cm³/mol. The molecule has 1 aromatic heterocycles. The van der Waals surface area contributed by atoms with Crippen LogP contribution >= 0.6 is 0 Å². The highest BCUT2D eigenvalue weighted by atomic mass is 16.5. The molecule has 0 aliphatic carbocycles. The van der Waals surface area contributed by atoms with Crippen LogP contribution in [0.1, 0.15) is 37.6 Å². The van der Waals surface area contributed by atoms with Crippen molar-refractivity contribution in [1.82, 2.24) is 9.47 Å². The minimum absolute atomic E-state index is 0.246. The van der Waals surface area contributed by atoms with E-state index in [-0.39, 0.29) is 5.97 Å². The zero-order valence-electron chi connectivity index (χ0n) is 14.6. The lowest BCUT2D eigenvalue weighted by Crippen LogP contribution is -2.41. The number of methoxy groups -OCH3 is 1. The number of ether oxygens (including phenoxy) is 1. The number of para-hydroxylation sites is 1. The molecular weight excluding hydrogens is 300 g/mol. The number of hydrogen-bond acceptors (Lipinski definition) is 3. The van der Waals surface area contributed by atoms with Crippen LogP contribution in [0, 0.1) is 5.92 Å². The van der Waals surface area contributed by atoms with Gasteiger partial charge in [-0.25, -0.2) is 4.79 Å². The van der Waals surface area contributed by atoms with Crippen molar-refractivity contribution in [1.29, 1.82) is 0 Å². The molecule has 4 rings (SSSR count). The summed E-state index contributed by atoms with van der Waals surface area (Å²) in [5.74, 6) is 0.0963. The Kier molecular flexibility index (Phi) is 3.72. The number of carbonyl (C=O) groups excluding carboxylic acids is 1. The van der Waals surface area contributed by atoms with Crippen LogP contribution < -0.4 is 0 Å². The highest BCUT2D eigenvalue weighted by Crippen LogP contribution is 2.46.